The van der Waals surface area contributed by atoms with E-state index in [0.29, 0.717) is 24.7 Å². The molecule has 0 saturated heterocycles. The van der Waals surface area contributed by atoms with Crippen LogP contribution in [-0.2, 0) is 13.0 Å². The maximum atomic E-state index is 12.6. The van der Waals surface area contributed by atoms with Gasteiger partial charge in [0.15, 0.2) is 0 Å². The minimum atomic E-state index is -0.0899. The largest absolute Gasteiger partial charge is 0.494 e. The van der Waals surface area contributed by atoms with E-state index in [0.717, 1.165) is 29.0 Å². The maximum absolute atomic E-state index is 12.6. The first-order chi connectivity index (χ1) is 11.6. The first-order valence-corrected chi connectivity index (χ1v) is 8.51. The van der Waals surface area contributed by atoms with Crippen molar-refractivity contribution >= 4 is 23.3 Å². The van der Waals surface area contributed by atoms with Crippen molar-refractivity contribution in [3.8, 4) is 5.75 Å². The van der Waals surface area contributed by atoms with Crippen LogP contribution in [0.5, 0.6) is 5.75 Å². The Morgan fingerprint density at radius 3 is 2.83 bits per heavy atom. The molecule has 1 aliphatic heterocycles. The van der Waals surface area contributed by atoms with E-state index in [1.807, 2.05) is 43.0 Å². The van der Waals surface area contributed by atoms with Crippen LogP contribution < -0.4 is 10.1 Å². The van der Waals surface area contributed by atoms with Crippen molar-refractivity contribution in [2.45, 2.75) is 26.8 Å². The molecular weight excluding hydrogens is 324 g/mol. The summed E-state index contributed by atoms with van der Waals surface area (Å²) in [4.78, 5) is 14.4. The number of ether oxygens (including phenoxy) is 1. The summed E-state index contributed by atoms with van der Waals surface area (Å²) < 4.78 is 5.56. The smallest absolute Gasteiger partial charge is 0.322 e. The molecule has 0 bridgehead atoms. The van der Waals surface area contributed by atoms with Crippen molar-refractivity contribution in [3.05, 3.63) is 58.1 Å². The fraction of sp³-hybridized carbons (Fsp3) is 0.316. The van der Waals surface area contributed by atoms with Gasteiger partial charge in [-0.2, -0.15) is 0 Å². The molecule has 1 N–H and O–H groups in total. The fourth-order valence-corrected chi connectivity index (χ4v) is 3.15. The molecule has 0 radical (unpaired) electrons. The van der Waals surface area contributed by atoms with Gasteiger partial charge >= 0.3 is 6.03 Å². The predicted octanol–water partition coefficient (Wildman–Crippen LogP) is 4.64. The molecule has 2 aromatic rings. The van der Waals surface area contributed by atoms with Crippen LogP contribution in [-0.4, -0.2) is 24.1 Å². The van der Waals surface area contributed by atoms with Crippen LogP contribution in [0.15, 0.2) is 36.4 Å². The number of nitrogens with one attached hydrogen (secondary N) is 1. The van der Waals surface area contributed by atoms with Gasteiger partial charge in [-0.3, -0.25) is 0 Å². The summed E-state index contributed by atoms with van der Waals surface area (Å²) in [5.41, 5.74) is 4.17. The van der Waals surface area contributed by atoms with Crippen LogP contribution in [0, 0.1) is 6.92 Å². The van der Waals surface area contributed by atoms with Crippen molar-refractivity contribution in [2.75, 3.05) is 18.5 Å². The highest BCUT2D eigenvalue weighted by Crippen LogP contribution is 2.25. The summed E-state index contributed by atoms with van der Waals surface area (Å²) >= 11 is 5.96. The second-order valence-electron chi connectivity index (χ2n) is 5.92. The Morgan fingerprint density at radius 2 is 2.08 bits per heavy atom. The Kier molecular flexibility index (Phi) is 4.95. The lowest BCUT2D eigenvalue weighted by atomic mass is 10.00. The van der Waals surface area contributed by atoms with Crippen LogP contribution in [0.25, 0.3) is 0 Å². The van der Waals surface area contributed by atoms with E-state index < -0.39 is 0 Å². The normalized spacial score (nSPS) is 13.4. The Labute approximate surface area is 147 Å². The van der Waals surface area contributed by atoms with E-state index in [1.54, 1.807) is 6.07 Å². The molecule has 0 aromatic heterocycles. The van der Waals surface area contributed by atoms with Crippen molar-refractivity contribution < 1.29 is 9.53 Å². The van der Waals surface area contributed by atoms with Crippen LogP contribution in [0.3, 0.4) is 0 Å². The second kappa shape index (κ2) is 7.14. The molecular formula is C19H21ClN2O2. The zero-order valence-electron chi connectivity index (χ0n) is 13.9. The number of urea groups is 1. The first-order valence-electron chi connectivity index (χ1n) is 8.13. The van der Waals surface area contributed by atoms with Crippen LogP contribution in [0.2, 0.25) is 5.02 Å². The molecule has 2 aromatic carbocycles. The van der Waals surface area contributed by atoms with Gasteiger partial charge in [0.05, 0.1) is 6.61 Å². The Bertz CT molecular complexity index is 761. The number of carbonyl (C=O) groups excluding carboxylic acids is 1. The summed E-state index contributed by atoms with van der Waals surface area (Å²) in [7, 11) is 0. The standard InChI is InChI=1S/C19H21ClN2O2/c1-3-24-17-6-4-14-8-9-22(12-15(14)11-17)19(23)21-18-7-5-16(20)10-13(18)2/h4-7,10-11H,3,8-9,12H2,1-2H3,(H,21,23). The number of carbonyl (C=O) groups is 1. The number of benzene rings is 2. The average Bonchev–Trinajstić information content (AvgIpc) is 2.57. The lowest BCUT2D eigenvalue weighted by Gasteiger charge is -2.29. The molecule has 126 valence electrons. The number of amides is 2. The van der Waals surface area contributed by atoms with E-state index in [4.69, 9.17) is 16.3 Å². The van der Waals surface area contributed by atoms with Crippen molar-refractivity contribution in [1.82, 2.24) is 4.90 Å². The topological polar surface area (TPSA) is 41.6 Å². The van der Waals surface area contributed by atoms with Gasteiger partial charge in [-0.05, 0) is 67.3 Å². The summed E-state index contributed by atoms with van der Waals surface area (Å²) in [6, 6.07) is 11.5. The maximum Gasteiger partial charge on any atom is 0.322 e. The molecule has 0 unspecified atom stereocenters. The quantitative estimate of drug-likeness (QED) is 0.881. The molecule has 3 rings (SSSR count). The van der Waals surface area contributed by atoms with E-state index in [-0.39, 0.29) is 6.03 Å². The van der Waals surface area contributed by atoms with Gasteiger partial charge < -0.3 is 15.0 Å². The molecule has 0 aliphatic carbocycles. The van der Waals surface area contributed by atoms with Gasteiger partial charge in [-0.15, -0.1) is 0 Å². The van der Waals surface area contributed by atoms with Gasteiger partial charge in [0, 0.05) is 23.8 Å². The zero-order chi connectivity index (χ0) is 17.1. The second-order valence-corrected chi connectivity index (χ2v) is 6.36. The van der Waals surface area contributed by atoms with Gasteiger partial charge in [0.2, 0.25) is 0 Å². The number of nitrogens with zero attached hydrogens (tertiary/aromatic N) is 1. The lowest BCUT2D eigenvalue weighted by Crippen LogP contribution is -2.39. The number of hydrogen-bond donors (Lipinski definition) is 1. The predicted molar refractivity (Wildman–Crippen MR) is 96.9 cm³/mol. The molecule has 0 saturated carbocycles. The highest BCUT2D eigenvalue weighted by Gasteiger charge is 2.21. The summed E-state index contributed by atoms with van der Waals surface area (Å²) in [6.45, 7) is 5.84. The van der Waals surface area contributed by atoms with E-state index >= 15 is 0 Å². The number of rotatable bonds is 3. The van der Waals surface area contributed by atoms with Crippen molar-refractivity contribution in [1.29, 1.82) is 0 Å². The SMILES string of the molecule is CCOc1ccc2c(c1)CN(C(=O)Nc1ccc(Cl)cc1C)CC2. The van der Waals surface area contributed by atoms with E-state index in [2.05, 4.69) is 11.4 Å². The highest BCUT2D eigenvalue weighted by atomic mass is 35.5. The molecule has 1 aliphatic rings. The van der Waals surface area contributed by atoms with E-state index in [9.17, 15) is 4.79 Å². The molecule has 24 heavy (non-hydrogen) atoms. The molecule has 1 heterocycles. The van der Waals surface area contributed by atoms with Gasteiger partial charge in [0.25, 0.3) is 0 Å². The summed E-state index contributed by atoms with van der Waals surface area (Å²) in [5, 5.41) is 3.64. The van der Waals surface area contributed by atoms with Crippen LogP contribution in [0.1, 0.15) is 23.6 Å². The lowest BCUT2D eigenvalue weighted by molar-refractivity contribution is 0.206. The fourth-order valence-electron chi connectivity index (χ4n) is 2.92. The third kappa shape index (κ3) is 3.65. The van der Waals surface area contributed by atoms with Crippen molar-refractivity contribution in [2.24, 2.45) is 0 Å². The molecule has 4 nitrogen and oxygen atoms in total. The molecule has 0 atom stereocenters. The van der Waals surface area contributed by atoms with Crippen LogP contribution >= 0.6 is 11.6 Å². The molecule has 2 amide bonds. The minimum absolute atomic E-state index is 0.0899. The first kappa shape index (κ1) is 16.7. The van der Waals surface area contributed by atoms with Gasteiger partial charge in [0.1, 0.15) is 5.75 Å². The van der Waals surface area contributed by atoms with Gasteiger partial charge in [-0.1, -0.05) is 17.7 Å². The Hall–Kier alpha value is -2.20. The van der Waals surface area contributed by atoms with E-state index in [1.165, 1.54) is 5.56 Å². The number of hydrogen-bond acceptors (Lipinski definition) is 2. The molecule has 5 heteroatoms. The number of aryl methyl sites for hydroxylation is 1. The highest BCUT2D eigenvalue weighted by molar-refractivity contribution is 6.30. The Morgan fingerprint density at radius 1 is 1.25 bits per heavy atom. The average molecular weight is 345 g/mol. The van der Waals surface area contributed by atoms with Gasteiger partial charge in [-0.25, -0.2) is 4.79 Å². The number of fused-ring (bicyclic) bond motifs is 1. The number of halogens is 1. The van der Waals surface area contributed by atoms with Crippen LogP contribution in [0.4, 0.5) is 10.5 Å². The molecule has 0 fully saturated rings. The monoisotopic (exact) mass is 344 g/mol. The zero-order valence-corrected chi connectivity index (χ0v) is 14.7. The number of anilines is 1. The Balaban J connectivity index is 1.72. The minimum Gasteiger partial charge on any atom is -0.494 e. The third-order valence-corrected chi connectivity index (χ3v) is 4.45. The molecule has 0 spiro atoms. The van der Waals surface area contributed by atoms with Crippen molar-refractivity contribution in [3.63, 3.8) is 0 Å². The summed E-state index contributed by atoms with van der Waals surface area (Å²) in [5.74, 6) is 0.854. The summed E-state index contributed by atoms with van der Waals surface area (Å²) in [6.07, 6.45) is 0.856. The third-order valence-electron chi connectivity index (χ3n) is 4.22.